The molecule has 2 aromatic rings. The second kappa shape index (κ2) is 6.76. The van der Waals surface area contributed by atoms with Crippen molar-refractivity contribution in [1.82, 2.24) is 4.98 Å². The number of carbonyl (C=O) groups is 1. The number of aromatic nitrogens is 1. The van der Waals surface area contributed by atoms with E-state index in [0.29, 0.717) is 29.0 Å². The SMILES string of the molecule is CCOC(=O)c1cnc(Nc2ccc(I)c(Cl)c2)c2c1C1CCC2C1. The fourth-order valence-corrected chi connectivity index (χ4v) is 4.60. The summed E-state index contributed by atoms with van der Waals surface area (Å²) in [6, 6.07) is 5.88. The van der Waals surface area contributed by atoms with Crippen molar-refractivity contribution in [2.24, 2.45) is 0 Å². The minimum Gasteiger partial charge on any atom is -0.462 e. The molecule has 1 N–H and O–H groups in total. The summed E-state index contributed by atoms with van der Waals surface area (Å²) in [6.45, 7) is 2.21. The van der Waals surface area contributed by atoms with E-state index in [1.165, 1.54) is 5.56 Å². The van der Waals surface area contributed by atoms with Gasteiger partial charge in [0.2, 0.25) is 0 Å². The summed E-state index contributed by atoms with van der Waals surface area (Å²) in [6.07, 6.45) is 5.07. The predicted octanol–water partition coefficient (Wildman–Crippen LogP) is 5.62. The number of pyridine rings is 1. The average Bonchev–Trinajstić information content (AvgIpc) is 3.21. The summed E-state index contributed by atoms with van der Waals surface area (Å²) in [5.41, 5.74) is 3.88. The van der Waals surface area contributed by atoms with Gasteiger partial charge >= 0.3 is 5.97 Å². The summed E-state index contributed by atoms with van der Waals surface area (Å²) in [4.78, 5) is 16.9. The van der Waals surface area contributed by atoms with Crippen molar-refractivity contribution in [2.45, 2.75) is 38.0 Å². The first-order chi connectivity index (χ1) is 12.1. The third-order valence-electron chi connectivity index (χ3n) is 5.09. The van der Waals surface area contributed by atoms with Crippen LogP contribution in [0.15, 0.2) is 24.4 Å². The monoisotopic (exact) mass is 468 g/mol. The fraction of sp³-hybridized carbons (Fsp3) is 0.368. The zero-order valence-corrected chi connectivity index (χ0v) is 16.7. The van der Waals surface area contributed by atoms with Crippen LogP contribution in [-0.2, 0) is 4.74 Å². The first-order valence-electron chi connectivity index (χ1n) is 8.50. The standard InChI is InChI=1S/C19H18ClIN2O2/c1-2-25-19(24)13-9-22-18(17-11-4-3-10(7-11)16(13)17)23-12-5-6-15(21)14(20)8-12/h5-6,8-11H,2-4,7H2,1H3,(H,22,23). The van der Waals surface area contributed by atoms with Gasteiger partial charge in [-0.1, -0.05) is 11.6 Å². The highest BCUT2D eigenvalue weighted by Gasteiger charge is 2.42. The van der Waals surface area contributed by atoms with E-state index in [9.17, 15) is 4.79 Å². The third-order valence-corrected chi connectivity index (χ3v) is 6.66. The molecule has 0 amide bonds. The molecule has 25 heavy (non-hydrogen) atoms. The van der Waals surface area contributed by atoms with Crippen LogP contribution < -0.4 is 5.32 Å². The molecule has 1 aromatic carbocycles. The Morgan fingerprint density at radius 1 is 1.36 bits per heavy atom. The predicted molar refractivity (Wildman–Crippen MR) is 107 cm³/mol. The number of nitrogens with one attached hydrogen (secondary N) is 1. The maximum Gasteiger partial charge on any atom is 0.339 e. The zero-order chi connectivity index (χ0) is 17.6. The van der Waals surface area contributed by atoms with E-state index in [1.807, 2.05) is 25.1 Å². The Morgan fingerprint density at radius 3 is 2.84 bits per heavy atom. The Balaban J connectivity index is 1.75. The van der Waals surface area contributed by atoms with Gasteiger partial charge in [0.15, 0.2) is 0 Å². The Bertz CT molecular complexity index is 856. The van der Waals surface area contributed by atoms with Gasteiger partial charge < -0.3 is 10.1 Å². The van der Waals surface area contributed by atoms with Gasteiger partial charge in [-0.15, -0.1) is 0 Å². The molecule has 4 nitrogen and oxygen atoms in total. The highest BCUT2D eigenvalue weighted by atomic mass is 127. The minimum atomic E-state index is -0.261. The number of nitrogens with zero attached hydrogens (tertiary/aromatic N) is 1. The van der Waals surface area contributed by atoms with Crippen LogP contribution in [0.1, 0.15) is 59.5 Å². The Morgan fingerprint density at radius 2 is 2.12 bits per heavy atom. The lowest BCUT2D eigenvalue weighted by Crippen LogP contribution is -2.14. The average molecular weight is 469 g/mol. The first kappa shape index (κ1) is 17.1. The number of halogens is 2. The van der Waals surface area contributed by atoms with E-state index in [4.69, 9.17) is 16.3 Å². The number of anilines is 2. The Hall–Kier alpha value is -1.34. The summed E-state index contributed by atoms with van der Waals surface area (Å²) >= 11 is 8.44. The second-order valence-corrected chi connectivity index (χ2v) is 8.10. The molecule has 130 valence electrons. The highest BCUT2D eigenvalue weighted by Crippen LogP contribution is 2.56. The molecule has 0 radical (unpaired) electrons. The van der Waals surface area contributed by atoms with Gasteiger partial charge in [-0.05, 0) is 84.4 Å². The van der Waals surface area contributed by atoms with Crippen LogP contribution in [0.2, 0.25) is 5.02 Å². The van der Waals surface area contributed by atoms with Crippen molar-refractivity contribution in [2.75, 3.05) is 11.9 Å². The number of hydrogen-bond acceptors (Lipinski definition) is 4. The van der Waals surface area contributed by atoms with Crippen LogP contribution in [0, 0.1) is 3.57 Å². The largest absolute Gasteiger partial charge is 0.462 e. The highest BCUT2D eigenvalue weighted by molar-refractivity contribution is 14.1. The van der Waals surface area contributed by atoms with E-state index in [2.05, 4.69) is 32.9 Å². The maximum atomic E-state index is 12.3. The van der Waals surface area contributed by atoms with Crippen molar-refractivity contribution in [3.05, 3.63) is 49.7 Å². The Kier molecular flexibility index (Phi) is 4.62. The van der Waals surface area contributed by atoms with Gasteiger partial charge in [-0.2, -0.15) is 0 Å². The van der Waals surface area contributed by atoms with Crippen LogP contribution in [0.3, 0.4) is 0 Å². The molecule has 2 bridgehead atoms. The summed E-state index contributed by atoms with van der Waals surface area (Å²) in [5, 5.41) is 4.12. The van der Waals surface area contributed by atoms with E-state index in [0.717, 1.165) is 39.9 Å². The zero-order valence-electron chi connectivity index (χ0n) is 13.8. The molecule has 0 saturated heterocycles. The number of rotatable bonds is 4. The van der Waals surface area contributed by atoms with Crippen LogP contribution in [-0.4, -0.2) is 17.6 Å². The molecule has 2 unspecified atom stereocenters. The molecule has 0 aliphatic heterocycles. The van der Waals surface area contributed by atoms with Gasteiger partial charge in [0.05, 0.1) is 17.2 Å². The maximum absolute atomic E-state index is 12.3. The molecule has 2 aliphatic carbocycles. The van der Waals surface area contributed by atoms with Crippen LogP contribution in [0.25, 0.3) is 0 Å². The van der Waals surface area contributed by atoms with E-state index in [-0.39, 0.29) is 5.97 Å². The molecule has 4 rings (SSSR count). The summed E-state index contributed by atoms with van der Waals surface area (Å²) < 4.78 is 6.24. The molecule has 1 saturated carbocycles. The van der Waals surface area contributed by atoms with Crippen LogP contribution in [0.5, 0.6) is 0 Å². The summed E-state index contributed by atoms with van der Waals surface area (Å²) in [7, 11) is 0. The van der Waals surface area contributed by atoms with E-state index >= 15 is 0 Å². The molecule has 1 aromatic heterocycles. The molecular formula is C19H18ClIN2O2. The number of benzene rings is 1. The topological polar surface area (TPSA) is 51.2 Å². The summed E-state index contributed by atoms with van der Waals surface area (Å²) in [5.74, 6) is 1.50. The van der Waals surface area contributed by atoms with E-state index < -0.39 is 0 Å². The molecule has 2 atom stereocenters. The van der Waals surface area contributed by atoms with Crippen molar-refractivity contribution < 1.29 is 9.53 Å². The lowest BCUT2D eigenvalue weighted by Gasteiger charge is -2.21. The molecule has 2 aliphatic rings. The van der Waals surface area contributed by atoms with Crippen molar-refractivity contribution in [1.29, 1.82) is 0 Å². The van der Waals surface area contributed by atoms with Crippen molar-refractivity contribution in [3.63, 3.8) is 0 Å². The smallest absolute Gasteiger partial charge is 0.339 e. The van der Waals surface area contributed by atoms with Gasteiger partial charge in [0, 0.05) is 21.0 Å². The fourth-order valence-electron chi connectivity index (χ4n) is 4.08. The first-order valence-corrected chi connectivity index (χ1v) is 9.96. The number of esters is 1. The van der Waals surface area contributed by atoms with Gasteiger partial charge in [0.1, 0.15) is 5.82 Å². The number of fused-ring (bicyclic) bond motifs is 5. The number of ether oxygens (including phenoxy) is 1. The van der Waals surface area contributed by atoms with Crippen molar-refractivity contribution >= 4 is 51.7 Å². The van der Waals surface area contributed by atoms with Gasteiger partial charge in [-0.3, -0.25) is 0 Å². The van der Waals surface area contributed by atoms with Crippen LogP contribution in [0.4, 0.5) is 11.5 Å². The molecular weight excluding hydrogens is 451 g/mol. The van der Waals surface area contributed by atoms with E-state index in [1.54, 1.807) is 6.20 Å². The normalized spacial score (nSPS) is 20.4. The number of hydrogen-bond donors (Lipinski definition) is 1. The van der Waals surface area contributed by atoms with Crippen molar-refractivity contribution in [3.8, 4) is 0 Å². The minimum absolute atomic E-state index is 0.261. The lowest BCUT2D eigenvalue weighted by atomic mass is 9.89. The second-order valence-electron chi connectivity index (χ2n) is 6.53. The quantitative estimate of drug-likeness (QED) is 0.467. The molecule has 1 heterocycles. The Labute approximate surface area is 165 Å². The van der Waals surface area contributed by atoms with Gasteiger partial charge in [-0.25, -0.2) is 9.78 Å². The van der Waals surface area contributed by atoms with Crippen LogP contribution >= 0.6 is 34.2 Å². The third kappa shape index (κ3) is 3.01. The molecule has 1 fully saturated rings. The molecule has 6 heteroatoms. The molecule has 0 spiro atoms. The lowest BCUT2D eigenvalue weighted by molar-refractivity contribution is 0.0524. The number of carbonyl (C=O) groups excluding carboxylic acids is 1. The van der Waals surface area contributed by atoms with Gasteiger partial charge in [0.25, 0.3) is 0 Å².